The second kappa shape index (κ2) is 9.84. The van der Waals surface area contributed by atoms with Crippen molar-refractivity contribution in [2.75, 3.05) is 19.6 Å². The number of piperidine rings is 1. The summed E-state index contributed by atoms with van der Waals surface area (Å²) in [5, 5.41) is 4.45. The molecule has 1 aliphatic heterocycles. The lowest BCUT2D eigenvalue weighted by Crippen LogP contribution is -2.44. The standard InChI is InChI=1S/C19H27N3O6S/c1-4-20-19(25)21-17(23)14(3)28-18(24)15-9-8-13(2)16(12-15)29(26,27)22-10-6-5-7-11-22/h8-9,12,14H,4-7,10-11H2,1-3H3,(H2,20,21,23,25)/t14-/m0/s1. The Bertz CT molecular complexity index is 878. The van der Waals surface area contributed by atoms with Crippen LogP contribution in [0.15, 0.2) is 23.1 Å². The van der Waals surface area contributed by atoms with E-state index in [0.717, 1.165) is 19.3 Å². The van der Waals surface area contributed by atoms with Crippen LogP contribution in [0.4, 0.5) is 4.79 Å². The summed E-state index contributed by atoms with van der Waals surface area (Å²) in [6.07, 6.45) is 1.37. The molecular weight excluding hydrogens is 398 g/mol. The van der Waals surface area contributed by atoms with Gasteiger partial charge in [0.05, 0.1) is 10.5 Å². The Morgan fingerprint density at radius 2 is 1.83 bits per heavy atom. The quantitative estimate of drug-likeness (QED) is 0.667. The molecule has 10 heteroatoms. The Hall–Kier alpha value is -2.46. The molecule has 0 aliphatic carbocycles. The minimum absolute atomic E-state index is 0.0174. The zero-order valence-corrected chi connectivity index (χ0v) is 17.7. The van der Waals surface area contributed by atoms with Crippen LogP contribution < -0.4 is 10.6 Å². The van der Waals surface area contributed by atoms with E-state index >= 15 is 0 Å². The fraction of sp³-hybridized carbons (Fsp3) is 0.526. The number of sulfonamides is 1. The minimum Gasteiger partial charge on any atom is -0.449 e. The number of nitrogens with zero attached hydrogens (tertiary/aromatic N) is 1. The lowest BCUT2D eigenvalue weighted by molar-refractivity contribution is -0.127. The molecule has 0 unspecified atom stereocenters. The van der Waals surface area contributed by atoms with Crippen molar-refractivity contribution in [1.29, 1.82) is 0 Å². The molecule has 0 bridgehead atoms. The van der Waals surface area contributed by atoms with E-state index in [0.29, 0.717) is 25.2 Å². The van der Waals surface area contributed by atoms with Crippen molar-refractivity contribution in [2.24, 2.45) is 0 Å². The van der Waals surface area contributed by atoms with Gasteiger partial charge in [0.2, 0.25) is 10.0 Å². The van der Waals surface area contributed by atoms with E-state index in [1.54, 1.807) is 13.8 Å². The second-order valence-electron chi connectivity index (χ2n) is 6.84. The summed E-state index contributed by atoms with van der Waals surface area (Å²) in [6.45, 7) is 5.92. The number of nitrogens with one attached hydrogen (secondary N) is 2. The molecule has 29 heavy (non-hydrogen) atoms. The molecule has 2 N–H and O–H groups in total. The molecule has 3 amide bonds. The molecule has 1 aliphatic rings. The van der Waals surface area contributed by atoms with Gasteiger partial charge >= 0.3 is 12.0 Å². The van der Waals surface area contributed by atoms with Gasteiger partial charge in [-0.1, -0.05) is 12.5 Å². The molecule has 0 saturated carbocycles. The van der Waals surface area contributed by atoms with E-state index in [1.807, 2.05) is 0 Å². The average Bonchev–Trinajstić information content (AvgIpc) is 2.68. The van der Waals surface area contributed by atoms with Gasteiger partial charge in [0, 0.05) is 19.6 Å². The molecule has 9 nitrogen and oxygen atoms in total. The summed E-state index contributed by atoms with van der Waals surface area (Å²) >= 11 is 0. The molecule has 1 aromatic rings. The maximum absolute atomic E-state index is 13.0. The smallest absolute Gasteiger partial charge is 0.338 e. The van der Waals surface area contributed by atoms with E-state index in [9.17, 15) is 22.8 Å². The highest BCUT2D eigenvalue weighted by atomic mass is 32.2. The molecule has 1 saturated heterocycles. The monoisotopic (exact) mass is 425 g/mol. The third-order valence-electron chi connectivity index (χ3n) is 4.58. The van der Waals surface area contributed by atoms with Crippen molar-refractivity contribution in [2.45, 2.75) is 51.0 Å². The molecule has 0 aromatic heterocycles. The van der Waals surface area contributed by atoms with Crippen molar-refractivity contribution in [1.82, 2.24) is 14.9 Å². The predicted molar refractivity (Wildman–Crippen MR) is 106 cm³/mol. The van der Waals surface area contributed by atoms with Crippen LogP contribution >= 0.6 is 0 Å². The Kier molecular flexibility index (Phi) is 7.74. The summed E-state index contributed by atoms with van der Waals surface area (Å²) in [4.78, 5) is 35.8. The van der Waals surface area contributed by atoms with E-state index in [1.165, 1.54) is 29.4 Å². The largest absolute Gasteiger partial charge is 0.449 e. The molecule has 1 fully saturated rings. The van der Waals surface area contributed by atoms with Gasteiger partial charge in [0.1, 0.15) is 0 Å². The Labute approximate surface area is 170 Å². The van der Waals surface area contributed by atoms with Crippen LogP contribution in [-0.4, -0.2) is 56.4 Å². The van der Waals surface area contributed by atoms with Crippen molar-refractivity contribution in [3.63, 3.8) is 0 Å². The minimum atomic E-state index is -3.72. The van der Waals surface area contributed by atoms with Crippen LogP contribution in [0.1, 0.15) is 49.0 Å². The number of imide groups is 1. The summed E-state index contributed by atoms with van der Waals surface area (Å²) < 4.78 is 32.4. The fourth-order valence-corrected chi connectivity index (χ4v) is 4.72. The van der Waals surface area contributed by atoms with Crippen molar-refractivity contribution in [3.05, 3.63) is 29.3 Å². The summed E-state index contributed by atoms with van der Waals surface area (Å²) in [6, 6.07) is 3.56. The van der Waals surface area contributed by atoms with Gasteiger partial charge in [-0.15, -0.1) is 0 Å². The molecule has 1 aromatic carbocycles. The number of hydrogen-bond acceptors (Lipinski definition) is 6. The zero-order chi connectivity index (χ0) is 21.6. The molecular formula is C19H27N3O6S. The highest BCUT2D eigenvalue weighted by Crippen LogP contribution is 2.24. The van der Waals surface area contributed by atoms with Crippen LogP contribution in [0.25, 0.3) is 0 Å². The molecule has 2 rings (SSSR count). The summed E-state index contributed by atoms with van der Waals surface area (Å²) in [5.74, 6) is -1.63. The van der Waals surface area contributed by atoms with Gasteiger partial charge in [-0.3, -0.25) is 10.1 Å². The van der Waals surface area contributed by atoms with Gasteiger partial charge in [0.15, 0.2) is 6.10 Å². The highest BCUT2D eigenvalue weighted by molar-refractivity contribution is 7.89. The number of hydrogen-bond donors (Lipinski definition) is 2. The first kappa shape index (κ1) is 22.8. The first-order valence-corrected chi connectivity index (χ1v) is 11.0. The van der Waals surface area contributed by atoms with Gasteiger partial charge < -0.3 is 10.1 Å². The molecule has 1 heterocycles. The van der Waals surface area contributed by atoms with Crippen LogP contribution in [0.2, 0.25) is 0 Å². The Morgan fingerprint density at radius 3 is 2.45 bits per heavy atom. The predicted octanol–water partition coefficient (Wildman–Crippen LogP) is 1.56. The number of urea groups is 1. The lowest BCUT2D eigenvalue weighted by atomic mass is 10.1. The van der Waals surface area contributed by atoms with E-state index < -0.39 is 34.0 Å². The third kappa shape index (κ3) is 5.77. The van der Waals surface area contributed by atoms with E-state index in [2.05, 4.69) is 10.6 Å². The topological polar surface area (TPSA) is 122 Å². The van der Waals surface area contributed by atoms with Crippen LogP contribution in [0, 0.1) is 6.92 Å². The number of carbonyl (C=O) groups excluding carboxylic acids is 3. The second-order valence-corrected chi connectivity index (χ2v) is 8.75. The third-order valence-corrected chi connectivity index (χ3v) is 6.62. The molecule has 0 spiro atoms. The first-order valence-electron chi connectivity index (χ1n) is 9.57. The van der Waals surface area contributed by atoms with Crippen molar-refractivity contribution in [3.8, 4) is 0 Å². The summed E-state index contributed by atoms with van der Waals surface area (Å²) in [5.41, 5.74) is 0.540. The average molecular weight is 426 g/mol. The first-order chi connectivity index (χ1) is 13.7. The number of ether oxygens (including phenoxy) is 1. The zero-order valence-electron chi connectivity index (χ0n) is 16.9. The lowest BCUT2D eigenvalue weighted by Gasteiger charge is -2.26. The summed E-state index contributed by atoms with van der Waals surface area (Å²) in [7, 11) is -3.72. The number of benzene rings is 1. The van der Waals surface area contributed by atoms with E-state index in [-0.39, 0.29) is 10.5 Å². The molecule has 1 atom stereocenters. The SMILES string of the molecule is CCNC(=O)NC(=O)[C@H](C)OC(=O)c1ccc(C)c(S(=O)(=O)N2CCCCC2)c1. The normalized spacial score (nSPS) is 16.0. The van der Waals surface area contributed by atoms with Crippen molar-refractivity contribution < 1.29 is 27.5 Å². The van der Waals surface area contributed by atoms with Crippen LogP contribution in [0.5, 0.6) is 0 Å². The van der Waals surface area contributed by atoms with Gasteiger partial charge in [-0.25, -0.2) is 18.0 Å². The molecule has 160 valence electrons. The van der Waals surface area contributed by atoms with Gasteiger partial charge in [-0.2, -0.15) is 4.31 Å². The Morgan fingerprint density at radius 1 is 1.17 bits per heavy atom. The van der Waals surface area contributed by atoms with Crippen LogP contribution in [0.3, 0.4) is 0 Å². The van der Waals surface area contributed by atoms with Crippen LogP contribution in [-0.2, 0) is 19.6 Å². The number of amides is 3. The fourth-order valence-electron chi connectivity index (χ4n) is 2.95. The maximum Gasteiger partial charge on any atom is 0.338 e. The maximum atomic E-state index is 13.0. The number of rotatable bonds is 6. The number of esters is 1. The molecule has 0 radical (unpaired) electrons. The van der Waals surface area contributed by atoms with Gasteiger partial charge in [-0.05, 0) is 51.3 Å². The number of aryl methyl sites for hydroxylation is 1. The number of carbonyl (C=O) groups is 3. The van der Waals surface area contributed by atoms with Crippen molar-refractivity contribution >= 4 is 27.9 Å². The highest BCUT2D eigenvalue weighted by Gasteiger charge is 2.29. The Balaban J connectivity index is 2.14. The van der Waals surface area contributed by atoms with Gasteiger partial charge in [0.25, 0.3) is 5.91 Å². The van der Waals surface area contributed by atoms with E-state index in [4.69, 9.17) is 4.74 Å².